The van der Waals surface area contributed by atoms with Crippen LogP contribution >= 0.6 is 15.9 Å². The normalized spacial score (nSPS) is 10.4. The molecular formula is C21H18BrN3O3. The highest BCUT2D eigenvalue weighted by molar-refractivity contribution is 9.10. The maximum Gasteiger partial charge on any atom is 0.255 e. The average molecular weight is 440 g/mol. The largest absolute Gasteiger partial charge is 0.325 e. The third-order valence-electron chi connectivity index (χ3n) is 3.96. The molecule has 142 valence electrons. The molecule has 0 saturated heterocycles. The molecule has 0 unspecified atom stereocenters. The Hall–Kier alpha value is -3.19. The summed E-state index contributed by atoms with van der Waals surface area (Å²) in [5.74, 6) is -0.568. The number of anilines is 2. The number of benzene rings is 2. The molecule has 3 rings (SSSR count). The molecule has 1 aromatic heterocycles. The molecule has 0 saturated carbocycles. The van der Waals surface area contributed by atoms with Crippen LogP contribution in [0.2, 0.25) is 0 Å². The van der Waals surface area contributed by atoms with Crippen molar-refractivity contribution in [1.29, 1.82) is 0 Å². The van der Waals surface area contributed by atoms with Gasteiger partial charge in [0, 0.05) is 33.7 Å². The number of nitrogens with zero attached hydrogens (tertiary/aromatic N) is 1. The summed E-state index contributed by atoms with van der Waals surface area (Å²) in [6.07, 6.45) is 1.64. The minimum absolute atomic E-state index is 0.0777. The molecule has 0 bridgehead atoms. The monoisotopic (exact) mass is 439 g/mol. The van der Waals surface area contributed by atoms with E-state index >= 15 is 0 Å². The van der Waals surface area contributed by atoms with Gasteiger partial charge in [-0.1, -0.05) is 28.1 Å². The van der Waals surface area contributed by atoms with E-state index in [0.717, 1.165) is 10.0 Å². The van der Waals surface area contributed by atoms with E-state index in [1.165, 1.54) is 10.6 Å². The first-order valence-corrected chi connectivity index (χ1v) is 9.34. The van der Waals surface area contributed by atoms with Crippen molar-refractivity contribution in [3.8, 4) is 0 Å². The number of amides is 2. The summed E-state index contributed by atoms with van der Waals surface area (Å²) < 4.78 is 2.22. The summed E-state index contributed by atoms with van der Waals surface area (Å²) in [6, 6.07) is 17.0. The molecule has 0 fully saturated rings. The summed E-state index contributed by atoms with van der Waals surface area (Å²) in [5, 5.41) is 5.53. The van der Waals surface area contributed by atoms with E-state index < -0.39 is 0 Å². The molecule has 2 amide bonds. The van der Waals surface area contributed by atoms with E-state index in [-0.39, 0.29) is 23.9 Å². The number of halogens is 1. The lowest BCUT2D eigenvalue weighted by Crippen LogP contribution is -2.26. The number of carbonyl (C=O) groups excluding carboxylic acids is 2. The van der Waals surface area contributed by atoms with Crippen molar-refractivity contribution < 1.29 is 9.59 Å². The van der Waals surface area contributed by atoms with Crippen LogP contribution in [0.5, 0.6) is 0 Å². The van der Waals surface area contributed by atoms with Gasteiger partial charge in [0.1, 0.15) is 6.54 Å². The number of aryl methyl sites for hydroxylation is 1. The number of hydrogen-bond acceptors (Lipinski definition) is 3. The lowest BCUT2D eigenvalue weighted by Gasteiger charge is -2.09. The fraction of sp³-hybridized carbons (Fsp3) is 0.0952. The Morgan fingerprint density at radius 3 is 2.43 bits per heavy atom. The van der Waals surface area contributed by atoms with Crippen molar-refractivity contribution in [2.24, 2.45) is 0 Å². The Bertz CT molecular complexity index is 1070. The zero-order valence-electron chi connectivity index (χ0n) is 15.1. The lowest BCUT2D eigenvalue weighted by molar-refractivity contribution is -0.116. The van der Waals surface area contributed by atoms with Gasteiger partial charge in [-0.15, -0.1) is 0 Å². The highest BCUT2D eigenvalue weighted by Crippen LogP contribution is 2.17. The van der Waals surface area contributed by atoms with E-state index in [1.54, 1.807) is 48.7 Å². The van der Waals surface area contributed by atoms with Crippen LogP contribution in [0, 0.1) is 6.92 Å². The van der Waals surface area contributed by atoms with Crippen molar-refractivity contribution in [3.05, 3.63) is 92.8 Å². The molecule has 0 spiro atoms. The molecule has 2 N–H and O–H groups in total. The zero-order valence-corrected chi connectivity index (χ0v) is 16.7. The fourth-order valence-electron chi connectivity index (χ4n) is 2.60. The second-order valence-electron chi connectivity index (χ2n) is 6.26. The zero-order chi connectivity index (χ0) is 20.1. The summed E-state index contributed by atoms with van der Waals surface area (Å²) >= 11 is 3.36. The molecule has 0 aliphatic rings. The Morgan fingerprint density at radius 2 is 1.71 bits per heavy atom. The first-order chi connectivity index (χ1) is 13.4. The highest BCUT2D eigenvalue weighted by atomic mass is 79.9. The van der Waals surface area contributed by atoms with Crippen LogP contribution in [0.3, 0.4) is 0 Å². The third-order valence-corrected chi connectivity index (χ3v) is 4.45. The second kappa shape index (κ2) is 8.67. The number of carbonyl (C=O) groups is 2. The number of nitrogens with one attached hydrogen (secondary N) is 2. The Morgan fingerprint density at radius 1 is 0.964 bits per heavy atom. The summed E-state index contributed by atoms with van der Waals surface area (Å²) in [6.45, 7) is 1.78. The van der Waals surface area contributed by atoms with Gasteiger partial charge >= 0.3 is 0 Å². The van der Waals surface area contributed by atoms with Crippen LogP contribution in [-0.2, 0) is 11.3 Å². The molecule has 2 aromatic carbocycles. The maximum absolute atomic E-state index is 12.3. The minimum Gasteiger partial charge on any atom is -0.325 e. The first kappa shape index (κ1) is 19.6. The third kappa shape index (κ3) is 5.17. The molecule has 1 heterocycles. The smallest absolute Gasteiger partial charge is 0.255 e. The molecule has 6 nitrogen and oxygen atoms in total. The van der Waals surface area contributed by atoms with E-state index in [0.29, 0.717) is 16.9 Å². The highest BCUT2D eigenvalue weighted by Gasteiger charge is 2.09. The first-order valence-electron chi connectivity index (χ1n) is 8.55. The van der Waals surface area contributed by atoms with E-state index in [1.807, 2.05) is 19.1 Å². The van der Waals surface area contributed by atoms with Gasteiger partial charge in [0.25, 0.3) is 11.5 Å². The van der Waals surface area contributed by atoms with Gasteiger partial charge in [0.2, 0.25) is 5.91 Å². The Kier molecular flexibility index (Phi) is 6.06. The molecule has 0 atom stereocenters. The average Bonchev–Trinajstić information content (AvgIpc) is 2.65. The van der Waals surface area contributed by atoms with Gasteiger partial charge in [0.05, 0.1) is 0 Å². The summed E-state index contributed by atoms with van der Waals surface area (Å²) in [7, 11) is 0. The van der Waals surface area contributed by atoms with Crippen LogP contribution in [0.4, 0.5) is 11.4 Å². The van der Waals surface area contributed by atoms with Crippen LogP contribution in [0.1, 0.15) is 15.9 Å². The van der Waals surface area contributed by atoms with Crippen molar-refractivity contribution in [2.45, 2.75) is 13.5 Å². The SMILES string of the molecule is Cc1ccc(=O)n(CC(=O)Nc2ccc(C(=O)Nc3cccc(Br)c3)cc2)c1. The minimum atomic E-state index is -0.320. The molecular weight excluding hydrogens is 422 g/mol. The predicted octanol–water partition coefficient (Wildman–Crippen LogP) is 3.81. The predicted molar refractivity (Wildman–Crippen MR) is 113 cm³/mol. The maximum atomic E-state index is 12.3. The number of rotatable bonds is 5. The molecule has 0 radical (unpaired) electrons. The van der Waals surface area contributed by atoms with Crippen molar-refractivity contribution in [3.63, 3.8) is 0 Å². The van der Waals surface area contributed by atoms with Crippen molar-refractivity contribution in [2.75, 3.05) is 10.6 Å². The van der Waals surface area contributed by atoms with Crippen molar-refractivity contribution in [1.82, 2.24) is 4.57 Å². The number of pyridine rings is 1. The molecule has 3 aromatic rings. The number of aromatic nitrogens is 1. The van der Waals surface area contributed by atoms with Gasteiger partial charge in [-0.3, -0.25) is 14.4 Å². The number of hydrogen-bond donors (Lipinski definition) is 2. The topological polar surface area (TPSA) is 80.2 Å². The van der Waals surface area contributed by atoms with Gasteiger partial charge < -0.3 is 15.2 Å². The molecule has 0 aliphatic carbocycles. The van der Waals surface area contributed by atoms with Gasteiger partial charge in [-0.25, -0.2) is 0 Å². The second-order valence-corrected chi connectivity index (χ2v) is 7.18. The van der Waals surface area contributed by atoms with Crippen molar-refractivity contribution >= 4 is 39.1 Å². The van der Waals surface area contributed by atoms with Gasteiger partial charge in [-0.2, -0.15) is 0 Å². The van der Waals surface area contributed by atoms with E-state index in [9.17, 15) is 14.4 Å². The lowest BCUT2D eigenvalue weighted by atomic mass is 10.2. The summed E-state index contributed by atoms with van der Waals surface area (Å²) in [5.41, 5.74) is 2.35. The van der Waals surface area contributed by atoms with E-state index in [2.05, 4.69) is 26.6 Å². The van der Waals surface area contributed by atoms with Gasteiger partial charge in [-0.05, 0) is 55.0 Å². The molecule has 28 heavy (non-hydrogen) atoms. The molecule has 0 aliphatic heterocycles. The quantitative estimate of drug-likeness (QED) is 0.633. The van der Waals surface area contributed by atoms with Crippen LogP contribution in [-0.4, -0.2) is 16.4 Å². The Labute approximate surface area is 170 Å². The summed E-state index contributed by atoms with van der Waals surface area (Å²) in [4.78, 5) is 36.3. The van der Waals surface area contributed by atoms with Gasteiger partial charge in [0.15, 0.2) is 0 Å². The standard InChI is InChI=1S/C21H18BrN3O3/c1-14-5-10-20(27)25(12-14)13-19(26)23-17-8-6-15(7-9-17)21(28)24-18-4-2-3-16(22)11-18/h2-12H,13H2,1H3,(H,23,26)(H,24,28). The van der Waals surface area contributed by atoms with Crippen LogP contribution in [0.15, 0.2) is 76.1 Å². The van der Waals surface area contributed by atoms with Crippen LogP contribution < -0.4 is 16.2 Å². The fourth-order valence-corrected chi connectivity index (χ4v) is 3.00. The van der Waals surface area contributed by atoms with E-state index in [4.69, 9.17) is 0 Å². The van der Waals surface area contributed by atoms with Crippen LogP contribution in [0.25, 0.3) is 0 Å². The Balaban J connectivity index is 1.62. The molecule has 7 heteroatoms.